The van der Waals surface area contributed by atoms with Crippen molar-refractivity contribution in [3.63, 3.8) is 0 Å². The average molecular weight is 717 g/mol. The number of Topliss-reactive ketones (excluding diaryl/α,β-unsaturated/α-hetero) is 1. The highest BCUT2D eigenvalue weighted by Crippen LogP contribution is 2.32. The highest BCUT2D eigenvalue weighted by atomic mass is 16.6. The summed E-state index contributed by atoms with van der Waals surface area (Å²) in [6, 6.07) is 26.4. The number of ketones is 1. The summed E-state index contributed by atoms with van der Waals surface area (Å²) in [6.45, 7) is 2.66. The third-order valence-corrected chi connectivity index (χ3v) is 9.18. The molecule has 13 heteroatoms. The van der Waals surface area contributed by atoms with E-state index in [4.69, 9.17) is 9.84 Å². The Balaban J connectivity index is 1.09. The molecule has 1 saturated carbocycles. The molecule has 0 saturated heterocycles. The van der Waals surface area contributed by atoms with Crippen LogP contribution in [-0.2, 0) is 16.1 Å². The smallest absolute Gasteiger partial charge is 0.275 e. The summed E-state index contributed by atoms with van der Waals surface area (Å²) in [5, 5.41) is 23.3. The Hall–Kier alpha value is -6.21. The Morgan fingerprint density at radius 1 is 0.887 bits per heavy atom. The Labute approximate surface area is 306 Å². The minimum atomic E-state index is -0.546. The number of para-hydroxylation sites is 1. The molecule has 1 aromatic heterocycles. The summed E-state index contributed by atoms with van der Waals surface area (Å²) in [4.78, 5) is 63.7. The van der Waals surface area contributed by atoms with Gasteiger partial charge in [-0.3, -0.25) is 29.3 Å². The van der Waals surface area contributed by atoms with Crippen LogP contribution in [0.3, 0.4) is 0 Å². The number of hydrogen-bond donors (Lipinski definition) is 2. The number of nitro groups is 1. The molecule has 0 atom stereocenters. The van der Waals surface area contributed by atoms with Crippen molar-refractivity contribution in [1.29, 1.82) is 0 Å². The van der Waals surface area contributed by atoms with Gasteiger partial charge >= 0.3 is 0 Å². The van der Waals surface area contributed by atoms with Gasteiger partial charge in [0.2, 0.25) is 5.91 Å². The zero-order valence-electron chi connectivity index (χ0n) is 29.5. The molecule has 4 aromatic carbocycles. The number of rotatable bonds is 16. The van der Waals surface area contributed by atoms with Crippen LogP contribution in [0.1, 0.15) is 62.8 Å². The van der Waals surface area contributed by atoms with Gasteiger partial charge in [0.25, 0.3) is 17.5 Å². The molecule has 13 nitrogen and oxygen atoms in total. The van der Waals surface area contributed by atoms with E-state index >= 15 is 0 Å². The van der Waals surface area contributed by atoms with Gasteiger partial charge in [-0.1, -0.05) is 42.5 Å². The lowest BCUT2D eigenvalue weighted by molar-refractivity contribution is -0.385. The van der Waals surface area contributed by atoms with Crippen LogP contribution in [0.2, 0.25) is 0 Å². The van der Waals surface area contributed by atoms with Crippen molar-refractivity contribution in [2.75, 3.05) is 33.4 Å². The van der Waals surface area contributed by atoms with E-state index in [9.17, 15) is 29.3 Å². The van der Waals surface area contributed by atoms with E-state index in [2.05, 4.69) is 10.6 Å². The molecule has 1 fully saturated rings. The van der Waals surface area contributed by atoms with Gasteiger partial charge in [0, 0.05) is 72.4 Å². The van der Waals surface area contributed by atoms with Crippen LogP contribution in [-0.4, -0.2) is 76.5 Å². The molecule has 1 heterocycles. The van der Waals surface area contributed by atoms with Crippen LogP contribution in [0.5, 0.6) is 0 Å². The number of hydrogen-bond acceptors (Lipinski definition) is 8. The fraction of sp³-hybridized carbons (Fsp3) is 0.275. The molecule has 0 bridgehead atoms. The van der Waals surface area contributed by atoms with Crippen LogP contribution in [0, 0.1) is 16.0 Å². The van der Waals surface area contributed by atoms with E-state index in [-0.39, 0.29) is 54.9 Å². The van der Waals surface area contributed by atoms with Crippen LogP contribution in [0.15, 0.2) is 91.0 Å². The Morgan fingerprint density at radius 2 is 1.55 bits per heavy atom. The molecule has 53 heavy (non-hydrogen) atoms. The van der Waals surface area contributed by atoms with Crippen molar-refractivity contribution in [2.24, 2.45) is 5.92 Å². The number of benzene rings is 4. The molecule has 6 rings (SSSR count). The highest BCUT2D eigenvalue weighted by Gasteiger charge is 2.29. The largest absolute Gasteiger partial charge is 0.383 e. The van der Waals surface area contributed by atoms with Crippen LogP contribution >= 0.6 is 0 Å². The fourth-order valence-corrected chi connectivity index (χ4v) is 6.09. The third kappa shape index (κ3) is 8.82. The number of nitrogens with one attached hydrogen (secondary N) is 2. The van der Waals surface area contributed by atoms with E-state index in [1.165, 1.54) is 32.2 Å². The normalized spacial score (nSPS) is 12.3. The lowest BCUT2D eigenvalue weighted by Gasteiger charge is -2.23. The van der Waals surface area contributed by atoms with Crippen molar-refractivity contribution in [2.45, 2.75) is 32.7 Å². The average Bonchev–Trinajstić information content (AvgIpc) is 3.91. The molecule has 0 unspecified atom stereocenters. The first-order valence-corrected chi connectivity index (χ1v) is 17.4. The van der Waals surface area contributed by atoms with Gasteiger partial charge in [0.1, 0.15) is 5.69 Å². The summed E-state index contributed by atoms with van der Waals surface area (Å²) in [6.07, 6.45) is 1.96. The molecule has 0 radical (unpaired) electrons. The van der Waals surface area contributed by atoms with Gasteiger partial charge in [-0.25, -0.2) is 4.68 Å². The number of aromatic nitrogens is 2. The minimum Gasteiger partial charge on any atom is -0.383 e. The predicted octanol–water partition coefficient (Wildman–Crippen LogP) is 5.74. The van der Waals surface area contributed by atoms with Crippen molar-refractivity contribution in [1.82, 2.24) is 25.3 Å². The lowest BCUT2D eigenvalue weighted by atomic mass is 10.0. The maximum absolute atomic E-state index is 13.4. The van der Waals surface area contributed by atoms with Gasteiger partial charge in [-0.15, -0.1) is 0 Å². The van der Waals surface area contributed by atoms with E-state index in [0.29, 0.717) is 35.8 Å². The maximum Gasteiger partial charge on any atom is 0.275 e. The molecule has 272 valence electrons. The molecule has 1 aliphatic carbocycles. The molecule has 1 aliphatic rings. The van der Waals surface area contributed by atoms with Gasteiger partial charge in [-0.2, -0.15) is 5.10 Å². The number of methoxy groups -OCH3 is 1. The number of nitro benzene ring substituents is 1. The second kappa shape index (κ2) is 16.4. The Bertz CT molecular complexity index is 2160. The Kier molecular flexibility index (Phi) is 11.3. The van der Waals surface area contributed by atoms with Gasteiger partial charge in [0.15, 0.2) is 5.78 Å². The lowest BCUT2D eigenvalue weighted by Crippen LogP contribution is -2.35. The topological polar surface area (TPSA) is 166 Å². The Morgan fingerprint density at radius 3 is 2.23 bits per heavy atom. The zero-order chi connectivity index (χ0) is 37.5. The second-order valence-electron chi connectivity index (χ2n) is 13.0. The van der Waals surface area contributed by atoms with Crippen molar-refractivity contribution < 1.29 is 28.8 Å². The van der Waals surface area contributed by atoms with E-state index < -0.39 is 10.8 Å². The monoisotopic (exact) mass is 716 g/mol. The van der Waals surface area contributed by atoms with Crippen LogP contribution < -0.4 is 10.6 Å². The van der Waals surface area contributed by atoms with Crippen molar-refractivity contribution in [3.05, 3.63) is 123 Å². The summed E-state index contributed by atoms with van der Waals surface area (Å²) in [5.74, 6) is -0.712. The van der Waals surface area contributed by atoms with Gasteiger partial charge < -0.3 is 20.3 Å². The van der Waals surface area contributed by atoms with Crippen LogP contribution in [0.4, 0.5) is 5.69 Å². The van der Waals surface area contributed by atoms with Crippen molar-refractivity contribution in [3.8, 4) is 16.9 Å². The first-order chi connectivity index (χ1) is 25.6. The van der Waals surface area contributed by atoms with E-state index in [1.54, 1.807) is 41.3 Å². The number of fused-ring (bicyclic) bond motifs is 1. The number of carbonyl (C=O) groups is 4. The molecule has 0 aliphatic heterocycles. The predicted molar refractivity (Wildman–Crippen MR) is 199 cm³/mol. The molecule has 3 amide bonds. The zero-order valence-corrected chi connectivity index (χ0v) is 29.5. The summed E-state index contributed by atoms with van der Waals surface area (Å²) in [7, 11) is 1.51. The molecular formula is C40H40N6O7. The van der Waals surface area contributed by atoms with Crippen molar-refractivity contribution >= 4 is 40.1 Å². The standard InChI is InChI=1S/C40H40N6O7/c1-26(47)28-9-11-29(12-10-28)38-34-5-3-4-6-35(34)45(43-38)33-17-15-30(16-18-33)39(49)41-20-19-37(48)44(24-27-7-8-27)25-32-14-13-31(23-36(32)46(51)52)40(50)42-21-22-53-2/h3-6,9-18,23,27H,7-8,19-22,24-25H2,1-2H3,(H,41,49)(H,42,50). The molecule has 5 aromatic rings. The van der Waals surface area contributed by atoms with Gasteiger partial charge in [-0.05, 0) is 68.1 Å². The third-order valence-electron chi connectivity index (χ3n) is 9.18. The van der Waals surface area contributed by atoms with E-state index in [1.807, 2.05) is 41.1 Å². The number of nitrogens with zero attached hydrogens (tertiary/aromatic N) is 4. The molecule has 0 spiro atoms. The molecular weight excluding hydrogens is 676 g/mol. The summed E-state index contributed by atoms with van der Waals surface area (Å²) < 4.78 is 6.75. The first-order valence-electron chi connectivity index (χ1n) is 17.4. The minimum absolute atomic E-state index is 0.00727. The fourth-order valence-electron chi connectivity index (χ4n) is 6.09. The second-order valence-corrected chi connectivity index (χ2v) is 13.0. The summed E-state index contributed by atoms with van der Waals surface area (Å²) in [5.41, 5.74) is 4.55. The van der Waals surface area contributed by atoms with Crippen LogP contribution in [0.25, 0.3) is 27.8 Å². The SMILES string of the molecule is COCCNC(=O)c1ccc(CN(CC2CC2)C(=O)CCNC(=O)c2ccc(-n3nc(-c4ccc(C(C)=O)cc4)c4ccccc43)cc2)c([N+](=O)[O-])c1. The highest BCUT2D eigenvalue weighted by molar-refractivity contribution is 5.98. The number of carbonyl (C=O) groups excluding carboxylic acids is 4. The quantitative estimate of drug-likeness (QED) is 0.0565. The van der Waals surface area contributed by atoms with Gasteiger partial charge in [0.05, 0.1) is 29.3 Å². The van der Waals surface area contributed by atoms with E-state index in [0.717, 1.165) is 40.7 Å². The summed E-state index contributed by atoms with van der Waals surface area (Å²) >= 11 is 0. The first kappa shape index (κ1) is 36.6. The molecule has 2 N–H and O–H groups in total. The number of amides is 3. The number of ether oxygens (including phenoxy) is 1. The maximum atomic E-state index is 13.4.